The molecule has 2 fully saturated rings. The molecule has 0 saturated carbocycles. The monoisotopic (exact) mass is 363 g/mol. The van der Waals surface area contributed by atoms with Gasteiger partial charge in [-0.25, -0.2) is 0 Å². The molecule has 3 rings (SSSR count). The number of halogens is 1. The maximum Gasteiger partial charge on any atom is 0.239 e. The number of benzene rings is 1. The SMILES string of the molecule is CN[C@@H](C)C(=O)N1CCC2(CC1)CC(=O)N(Cc1ccc(Cl)cc1)C2. The van der Waals surface area contributed by atoms with E-state index in [2.05, 4.69) is 5.32 Å². The predicted octanol–water partition coefficient (Wildman–Crippen LogP) is 2.29. The Morgan fingerprint density at radius 2 is 1.92 bits per heavy atom. The zero-order valence-corrected chi connectivity index (χ0v) is 15.7. The molecule has 1 atom stereocenters. The van der Waals surface area contributed by atoms with E-state index in [4.69, 9.17) is 11.6 Å². The molecule has 0 aliphatic carbocycles. The molecule has 25 heavy (non-hydrogen) atoms. The number of likely N-dealkylation sites (N-methyl/N-ethyl adjacent to an activating group) is 1. The van der Waals surface area contributed by atoms with Crippen molar-refractivity contribution < 1.29 is 9.59 Å². The van der Waals surface area contributed by atoms with Crippen LogP contribution in [-0.4, -0.2) is 54.3 Å². The van der Waals surface area contributed by atoms with E-state index in [9.17, 15) is 9.59 Å². The van der Waals surface area contributed by atoms with Crippen molar-refractivity contribution in [2.75, 3.05) is 26.7 Å². The summed E-state index contributed by atoms with van der Waals surface area (Å²) in [6, 6.07) is 7.52. The molecular formula is C19H26ClN3O2. The van der Waals surface area contributed by atoms with Crippen LogP contribution in [0.4, 0.5) is 0 Å². The Labute approximate surface area is 154 Å². The van der Waals surface area contributed by atoms with Crippen LogP contribution in [0.2, 0.25) is 5.02 Å². The second-order valence-electron chi connectivity index (χ2n) is 7.39. The summed E-state index contributed by atoms with van der Waals surface area (Å²) < 4.78 is 0. The van der Waals surface area contributed by atoms with E-state index in [1.165, 1.54) is 0 Å². The van der Waals surface area contributed by atoms with Crippen molar-refractivity contribution in [1.29, 1.82) is 0 Å². The Bertz CT molecular complexity index is 639. The molecule has 1 N–H and O–H groups in total. The van der Waals surface area contributed by atoms with Crippen LogP contribution in [0, 0.1) is 5.41 Å². The number of nitrogens with zero attached hydrogens (tertiary/aromatic N) is 2. The maximum absolute atomic E-state index is 12.5. The lowest BCUT2D eigenvalue weighted by atomic mass is 9.77. The second kappa shape index (κ2) is 7.34. The average Bonchev–Trinajstić information content (AvgIpc) is 2.91. The number of carbonyl (C=O) groups is 2. The zero-order chi connectivity index (χ0) is 18.0. The lowest BCUT2D eigenvalue weighted by molar-refractivity contribution is -0.135. The lowest BCUT2D eigenvalue weighted by Crippen LogP contribution is -2.49. The molecule has 6 heteroatoms. The van der Waals surface area contributed by atoms with Gasteiger partial charge in [0.15, 0.2) is 0 Å². The molecule has 0 aromatic heterocycles. The Morgan fingerprint density at radius 1 is 1.28 bits per heavy atom. The first kappa shape index (κ1) is 18.2. The lowest BCUT2D eigenvalue weighted by Gasteiger charge is -2.39. The molecule has 2 saturated heterocycles. The summed E-state index contributed by atoms with van der Waals surface area (Å²) >= 11 is 5.93. The highest BCUT2D eigenvalue weighted by molar-refractivity contribution is 6.30. The average molecular weight is 364 g/mol. The third kappa shape index (κ3) is 3.98. The van der Waals surface area contributed by atoms with E-state index in [0.717, 1.165) is 38.0 Å². The van der Waals surface area contributed by atoms with Gasteiger partial charge in [-0.2, -0.15) is 0 Å². The van der Waals surface area contributed by atoms with Crippen molar-refractivity contribution in [3.63, 3.8) is 0 Å². The molecule has 5 nitrogen and oxygen atoms in total. The van der Waals surface area contributed by atoms with Gasteiger partial charge in [-0.1, -0.05) is 23.7 Å². The molecule has 136 valence electrons. The highest BCUT2D eigenvalue weighted by atomic mass is 35.5. The summed E-state index contributed by atoms with van der Waals surface area (Å²) in [6.45, 7) is 4.80. The van der Waals surface area contributed by atoms with E-state index in [1.54, 1.807) is 7.05 Å². The van der Waals surface area contributed by atoms with Crippen molar-refractivity contribution in [1.82, 2.24) is 15.1 Å². The fourth-order valence-corrected chi connectivity index (χ4v) is 4.00. The Balaban J connectivity index is 1.59. The maximum atomic E-state index is 12.5. The zero-order valence-electron chi connectivity index (χ0n) is 14.9. The minimum atomic E-state index is -0.152. The van der Waals surface area contributed by atoms with Gasteiger partial charge in [-0.15, -0.1) is 0 Å². The van der Waals surface area contributed by atoms with E-state index >= 15 is 0 Å². The predicted molar refractivity (Wildman–Crippen MR) is 98.3 cm³/mol. The smallest absolute Gasteiger partial charge is 0.239 e. The molecule has 2 heterocycles. The third-order valence-corrected chi connectivity index (χ3v) is 5.88. The minimum absolute atomic E-state index is 0.0309. The van der Waals surface area contributed by atoms with Crippen molar-refractivity contribution in [3.8, 4) is 0 Å². The van der Waals surface area contributed by atoms with Gasteiger partial charge in [0.2, 0.25) is 11.8 Å². The standard InChI is InChI=1S/C19H26ClN3O2/c1-14(21-2)18(25)22-9-7-19(8-10-22)11-17(24)23(13-19)12-15-3-5-16(20)6-4-15/h3-6,14,21H,7-13H2,1-2H3/t14-/m0/s1. The van der Waals surface area contributed by atoms with Gasteiger partial charge in [0, 0.05) is 43.0 Å². The number of nitrogens with one attached hydrogen (secondary N) is 1. The van der Waals surface area contributed by atoms with Crippen LogP contribution in [0.1, 0.15) is 31.7 Å². The van der Waals surface area contributed by atoms with Crippen molar-refractivity contribution >= 4 is 23.4 Å². The Kier molecular flexibility index (Phi) is 5.35. The van der Waals surface area contributed by atoms with Gasteiger partial charge >= 0.3 is 0 Å². The molecule has 1 aromatic carbocycles. The molecule has 2 aliphatic heterocycles. The molecule has 0 bridgehead atoms. The Hall–Kier alpha value is -1.59. The van der Waals surface area contributed by atoms with Crippen LogP contribution in [0.25, 0.3) is 0 Å². The number of piperidine rings is 1. The topological polar surface area (TPSA) is 52.7 Å². The van der Waals surface area contributed by atoms with Crippen LogP contribution in [0.15, 0.2) is 24.3 Å². The van der Waals surface area contributed by atoms with E-state index < -0.39 is 0 Å². The number of rotatable bonds is 4. The van der Waals surface area contributed by atoms with Crippen LogP contribution >= 0.6 is 11.6 Å². The van der Waals surface area contributed by atoms with Crippen molar-refractivity contribution in [3.05, 3.63) is 34.9 Å². The third-order valence-electron chi connectivity index (χ3n) is 5.63. The number of likely N-dealkylation sites (tertiary alicyclic amines) is 2. The van der Waals surface area contributed by atoms with Crippen LogP contribution < -0.4 is 5.32 Å². The fraction of sp³-hybridized carbons (Fsp3) is 0.579. The number of amides is 2. The quantitative estimate of drug-likeness (QED) is 0.893. The van der Waals surface area contributed by atoms with Gasteiger partial charge in [0.1, 0.15) is 0 Å². The largest absolute Gasteiger partial charge is 0.341 e. The van der Waals surface area contributed by atoms with Gasteiger partial charge in [-0.3, -0.25) is 9.59 Å². The first-order valence-corrected chi connectivity index (χ1v) is 9.28. The van der Waals surface area contributed by atoms with Gasteiger partial charge in [-0.05, 0) is 44.5 Å². The van der Waals surface area contributed by atoms with E-state index in [1.807, 2.05) is 41.0 Å². The Morgan fingerprint density at radius 3 is 2.52 bits per heavy atom. The summed E-state index contributed by atoms with van der Waals surface area (Å²) in [5.74, 6) is 0.373. The first-order valence-electron chi connectivity index (χ1n) is 8.91. The summed E-state index contributed by atoms with van der Waals surface area (Å²) in [5, 5.41) is 3.71. The van der Waals surface area contributed by atoms with E-state index in [-0.39, 0.29) is 23.3 Å². The number of hydrogen-bond donors (Lipinski definition) is 1. The highest BCUT2D eigenvalue weighted by Gasteiger charge is 2.45. The fourth-order valence-electron chi connectivity index (χ4n) is 3.87. The van der Waals surface area contributed by atoms with Crippen LogP contribution in [-0.2, 0) is 16.1 Å². The van der Waals surface area contributed by atoms with Gasteiger partial charge in [0.25, 0.3) is 0 Å². The first-order chi connectivity index (χ1) is 11.9. The molecule has 0 unspecified atom stereocenters. The van der Waals surface area contributed by atoms with Crippen molar-refractivity contribution in [2.24, 2.45) is 5.41 Å². The number of carbonyl (C=O) groups excluding carboxylic acids is 2. The van der Waals surface area contributed by atoms with Crippen LogP contribution in [0.5, 0.6) is 0 Å². The van der Waals surface area contributed by atoms with Gasteiger partial charge < -0.3 is 15.1 Å². The van der Waals surface area contributed by atoms with Gasteiger partial charge in [0.05, 0.1) is 6.04 Å². The molecule has 2 aliphatic rings. The highest BCUT2D eigenvalue weighted by Crippen LogP contribution is 2.41. The summed E-state index contributed by atoms with van der Waals surface area (Å²) in [6.07, 6.45) is 2.40. The number of hydrogen-bond acceptors (Lipinski definition) is 3. The normalized spacial score (nSPS) is 21.0. The molecule has 1 aromatic rings. The second-order valence-corrected chi connectivity index (χ2v) is 7.83. The molecule has 1 spiro atoms. The molecular weight excluding hydrogens is 338 g/mol. The van der Waals surface area contributed by atoms with Crippen molar-refractivity contribution in [2.45, 2.75) is 38.8 Å². The summed E-state index contributed by atoms with van der Waals surface area (Å²) in [7, 11) is 1.80. The summed E-state index contributed by atoms with van der Waals surface area (Å²) in [4.78, 5) is 28.7. The summed E-state index contributed by atoms with van der Waals surface area (Å²) in [5.41, 5.74) is 1.13. The van der Waals surface area contributed by atoms with Crippen LogP contribution in [0.3, 0.4) is 0 Å². The molecule has 0 radical (unpaired) electrons. The van der Waals surface area contributed by atoms with E-state index in [0.29, 0.717) is 18.0 Å². The minimum Gasteiger partial charge on any atom is -0.341 e. The molecule has 2 amide bonds.